The monoisotopic (exact) mass is 238 g/mol. The molecular weight excluding hydrogens is 224 g/mol. The minimum absolute atomic E-state index is 0.672. The fourth-order valence-electron chi connectivity index (χ4n) is 2.39. The molecule has 0 aliphatic carbocycles. The van der Waals surface area contributed by atoms with Crippen molar-refractivity contribution >= 4 is 5.82 Å². The van der Waals surface area contributed by atoms with Crippen LogP contribution < -0.4 is 5.32 Å². The van der Waals surface area contributed by atoms with Gasteiger partial charge in [-0.25, -0.2) is 4.68 Å². The standard InChI is InChI=1S/C14H14N4/c1-2-13-12-7-8-16-14(12)18(17-13)11-5-3-10(9-15)4-6-11/h3-6,16H,2,7-8H2,1H3. The topological polar surface area (TPSA) is 53.6 Å². The minimum Gasteiger partial charge on any atom is -0.369 e. The highest BCUT2D eigenvalue weighted by molar-refractivity contribution is 5.57. The predicted octanol–water partition coefficient (Wildman–Crippen LogP) is 2.27. The smallest absolute Gasteiger partial charge is 0.133 e. The molecule has 1 aromatic heterocycles. The van der Waals surface area contributed by atoms with E-state index in [9.17, 15) is 0 Å². The van der Waals surface area contributed by atoms with Crippen LogP contribution in [-0.2, 0) is 12.8 Å². The SMILES string of the molecule is CCc1nn(-c2ccc(C#N)cc2)c2c1CCN2. The molecule has 18 heavy (non-hydrogen) atoms. The molecule has 1 aliphatic rings. The molecule has 1 N–H and O–H groups in total. The van der Waals surface area contributed by atoms with E-state index in [0.29, 0.717) is 5.56 Å². The highest BCUT2D eigenvalue weighted by Gasteiger charge is 2.21. The molecule has 1 aromatic carbocycles. The molecular formula is C14H14N4. The van der Waals surface area contributed by atoms with Crippen molar-refractivity contribution in [3.8, 4) is 11.8 Å². The largest absolute Gasteiger partial charge is 0.369 e. The van der Waals surface area contributed by atoms with Crippen molar-refractivity contribution in [2.45, 2.75) is 19.8 Å². The van der Waals surface area contributed by atoms with Crippen molar-refractivity contribution in [1.29, 1.82) is 5.26 Å². The Bertz CT molecular complexity index is 616. The van der Waals surface area contributed by atoms with Gasteiger partial charge in [-0.05, 0) is 37.1 Å². The fraction of sp³-hybridized carbons (Fsp3) is 0.286. The molecule has 2 heterocycles. The van der Waals surface area contributed by atoms with Crippen LogP contribution in [0.4, 0.5) is 5.82 Å². The second-order valence-electron chi connectivity index (χ2n) is 4.37. The van der Waals surface area contributed by atoms with Crippen LogP contribution in [0.25, 0.3) is 5.69 Å². The first kappa shape index (κ1) is 10.8. The van der Waals surface area contributed by atoms with Crippen molar-refractivity contribution in [3.05, 3.63) is 41.1 Å². The average molecular weight is 238 g/mol. The highest BCUT2D eigenvalue weighted by Crippen LogP contribution is 2.28. The summed E-state index contributed by atoms with van der Waals surface area (Å²) in [7, 11) is 0. The van der Waals surface area contributed by atoms with Crippen LogP contribution in [-0.4, -0.2) is 16.3 Å². The van der Waals surface area contributed by atoms with Crippen LogP contribution >= 0.6 is 0 Å². The Balaban J connectivity index is 2.09. The van der Waals surface area contributed by atoms with Gasteiger partial charge < -0.3 is 5.32 Å². The Kier molecular flexibility index (Phi) is 2.52. The van der Waals surface area contributed by atoms with E-state index in [4.69, 9.17) is 5.26 Å². The number of rotatable bonds is 2. The lowest BCUT2D eigenvalue weighted by Gasteiger charge is -2.06. The summed E-state index contributed by atoms with van der Waals surface area (Å²) in [5.41, 5.74) is 4.17. The molecule has 1 aliphatic heterocycles. The zero-order valence-corrected chi connectivity index (χ0v) is 10.3. The van der Waals surface area contributed by atoms with E-state index in [-0.39, 0.29) is 0 Å². The lowest BCUT2D eigenvalue weighted by molar-refractivity contribution is 0.832. The van der Waals surface area contributed by atoms with Crippen molar-refractivity contribution < 1.29 is 0 Å². The van der Waals surface area contributed by atoms with Crippen molar-refractivity contribution in [2.75, 3.05) is 11.9 Å². The number of aromatic nitrogens is 2. The van der Waals surface area contributed by atoms with Gasteiger partial charge in [0.1, 0.15) is 5.82 Å². The number of hydrogen-bond acceptors (Lipinski definition) is 3. The predicted molar refractivity (Wildman–Crippen MR) is 69.9 cm³/mol. The first-order valence-corrected chi connectivity index (χ1v) is 6.18. The fourth-order valence-corrected chi connectivity index (χ4v) is 2.39. The van der Waals surface area contributed by atoms with Crippen LogP contribution in [0.15, 0.2) is 24.3 Å². The van der Waals surface area contributed by atoms with Gasteiger partial charge in [0.05, 0.1) is 23.0 Å². The molecule has 0 bridgehead atoms. The number of anilines is 1. The Morgan fingerprint density at radius 3 is 2.83 bits per heavy atom. The number of nitrogens with zero attached hydrogens (tertiary/aromatic N) is 3. The lowest BCUT2D eigenvalue weighted by atomic mass is 10.2. The molecule has 0 atom stereocenters. The Morgan fingerprint density at radius 1 is 1.39 bits per heavy atom. The summed E-state index contributed by atoms with van der Waals surface area (Å²) in [6.45, 7) is 3.11. The molecule has 0 amide bonds. The normalized spacial score (nSPS) is 12.9. The van der Waals surface area contributed by atoms with Crippen LogP contribution in [0.1, 0.15) is 23.7 Å². The van der Waals surface area contributed by atoms with Gasteiger partial charge in [-0.15, -0.1) is 0 Å². The van der Waals surface area contributed by atoms with Gasteiger partial charge in [0.2, 0.25) is 0 Å². The number of nitriles is 1. The Hall–Kier alpha value is -2.28. The summed E-state index contributed by atoms with van der Waals surface area (Å²) in [4.78, 5) is 0. The van der Waals surface area contributed by atoms with Gasteiger partial charge in [-0.1, -0.05) is 6.92 Å². The third kappa shape index (κ3) is 1.56. The molecule has 0 radical (unpaired) electrons. The number of fused-ring (bicyclic) bond motifs is 1. The van der Waals surface area contributed by atoms with Crippen molar-refractivity contribution in [3.63, 3.8) is 0 Å². The number of benzene rings is 1. The molecule has 4 heteroatoms. The maximum Gasteiger partial charge on any atom is 0.133 e. The summed E-state index contributed by atoms with van der Waals surface area (Å²) in [6.07, 6.45) is 2.00. The summed E-state index contributed by atoms with van der Waals surface area (Å²) in [6, 6.07) is 9.65. The van der Waals surface area contributed by atoms with Gasteiger partial charge in [-0.2, -0.15) is 10.4 Å². The molecule has 0 fully saturated rings. The molecule has 0 saturated heterocycles. The first-order chi connectivity index (χ1) is 8.83. The lowest BCUT2D eigenvalue weighted by Crippen LogP contribution is -2.04. The third-order valence-corrected chi connectivity index (χ3v) is 3.31. The van der Waals surface area contributed by atoms with Gasteiger partial charge >= 0.3 is 0 Å². The minimum atomic E-state index is 0.672. The number of aryl methyl sites for hydroxylation is 1. The zero-order valence-electron chi connectivity index (χ0n) is 10.3. The van der Waals surface area contributed by atoms with E-state index in [1.165, 1.54) is 11.3 Å². The molecule has 0 spiro atoms. The highest BCUT2D eigenvalue weighted by atomic mass is 15.3. The van der Waals surface area contributed by atoms with Gasteiger partial charge in [0, 0.05) is 12.1 Å². The number of nitrogens with one attached hydrogen (secondary N) is 1. The van der Waals surface area contributed by atoms with E-state index < -0.39 is 0 Å². The molecule has 0 unspecified atom stereocenters. The Morgan fingerprint density at radius 2 is 2.17 bits per heavy atom. The van der Waals surface area contributed by atoms with E-state index >= 15 is 0 Å². The van der Waals surface area contributed by atoms with E-state index in [0.717, 1.165) is 30.9 Å². The van der Waals surface area contributed by atoms with Gasteiger partial charge in [0.25, 0.3) is 0 Å². The van der Waals surface area contributed by atoms with Gasteiger partial charge in [-0.3, -0.25) is 0 Å². The van der Waals surface area contributed by atoms with Crippen LogP contribution in [0.5, 0.6) is 0 Å². The summed E-state index contributed by atoms with van der Waals surface area (Å²) < 4.78 is 1.95. The molecule has 90 valence electrons. The van der Waals surface area contributed by atoms with E-state index in [2.05, 4.69) is 23.4 Å². The first-order valence-electron chi connectivity index (χ1n) is 6.18. The maximum absolute atomic E-state index is 8.81. The Labute approximate surface area is 106 Å². The van der Waals surface area contributed by atoms with E-state index in [1.54, 1.807) is 0 Å². The quantitative estimate of drug-likeness (QED) is 0.873. The van der Waals surface area contributed by atoms with Gasteiger partial charge in [0.15, 0.2) is 0 Å². The van der Waals surface area contributed by atoms with Crippen LogP contribution in [0.2, 0.25) is 0 Å². The maximum atomic E-state index is 8.81. The average Bonchev–Trinajstić information content (AvgIpc) is 3.00. The third-order valence-electron chi connectivity index (χ3n) is 3.31. The molecule has 0 saturated carbocycles. The van der Waals surface area contributed by atoms with E-state index in [1.807, 2.05) is 28.9 Å². The summed E-state index contributed by atoms with van der Waals surface area (Å²) in [5.74, 6) is 1.11. The molecule has 2 aromatic rings. The molecule has 3 rings (SSSR count). The second-order valence-corrected chi connectivity index (χ2v) is 4.37. The number of hydrogen-bond donors (Lipinski definition) is 1. The molecule has 4 nitrogen and oxygen atoms in total. The van der Waals surface area contributed by atoms with Crippen molar-refractivity contribution in [1.82, 2.24) is 9.78 Å². The second kappa shape index (κ2) is 4.19. The van der Waals surface area contributed by atoms with Crippen molar-refractivity contribution in [2.24, 2.45) is 0 Å². The van der Waals surface area contributed by atoms with Crippen LogP contribution in [0.3, 0.4) is 0 Å². The summed E-state index contributed by atoms with van der Waals surface area (Å²) >= 11 is 0. The summed E-state index contributed by atoms with van der Waals surface area (Å²) in [5, 5.41) is 16.8. The van der Waals surface area contributed by atoms with Crippen LogP contribution in [0, 0.1) is 11.3 Å². The zero-order chi connectivity index (χ0) is 12.5.